The molecule has 30 heavy (non-hydrogen) atoms. The van der Waals surface area contributed by atoms with Crippen LogP contribution in [0, 0.1) is 22.7 Å². The first-order valence-electron chi connectivity index (χ1n) is 9.58. The maximum absolute atomic E-state index is 9.33. The molecule has 4 heteroatoms. The number of para-hydroxylation sites is 4. The highest BCUT2D eigenvalue weighted by Gasteiger charge is 2.23. The lowest BCUT2D eigenvalue weighted by Gasteiger charge is -2.34. The van der Waals surface area contributed by atoms with Crippen molar-refractivity contribution in [2.24, 2.45) is 0 Å². The quantitative estimate of drug-likeness (QED) is 0.371. The Morgan fingerprint density at radius 1 is 0.600 bits per heavy atom. The summed E-state index contributed by atoms with van der Waals surface area (Å²) in [5, 5.41) is 22.2. The number of benzene rings is 4. The lowest BCUT2D eigenvalue weighted by atomic mass is 9.99. The van der Waals surface area contributed by atoms with E-state index in [1.807, 2.05) is 48.5 Å². The van der Waals surface area contributed by atoms with E-state index in [4.69, 9.17) is 0 Å². The van der Waals surface area contributed by atoms with Gasteiger partial charge in [0.15, 0.2) is 0 Å². The van der Waals surface area contributed by atoms with Crippen LogP contribution in [0.15, 0.2) is 91.0 Å². The van der Waals surface area contributed by atoms with E-state index in [1.54, 1.807) is 6.07 Å². The summed E-state index contributed by atoms with van der Waals surface area (Å²) in [4.78, 5) is 2.23. The van der Waals surface area contributed by atoms with Crippen molar-refractivity contribution in [1.82, 2.24) is 0 Å². The molecule has 0 aromatic heterocycles. The first-order chi connectivity index (χ1) is 14.8. The van der Waals surface area contributed by atoms with Gasteiger partial charge in [-0.25, -0.2) is 0 Å². The predicted molar refractivity (Wildman–Crippen MR) is 119 cm³/mol. The average molecular weight is 384 g/mol. The molecule has 0 saturated heterocycles. The van der Waals surface area contributed by atoms with Crippen LogP contribution in [0.2, 0.25) is 0 Å². The third-order valence-corrected chi connectivity index (χ3v) is 5.19. The summed E-state index contributed by atoms with van der Waals surface area (Å²) < 4.78 is 0. The first kappa shape index (κ1) is 17.6. The molecule has 0 fully saturated rings. The highest BCUT2D eigenvalue weighted by Crippen LogP contribution is 2.47. The van der Waals surface area contributed by atoms with Gasteiger partial charge in [0.2, 0.25) is 0 Å². The van der Waals surface area contributed by atoms with Crippen molar-refractivity contribution in [2.75, 3.05) is 10.2 Å². The van der Waals surface area contributed by atoms with Crippen LogP contribution in [0.5, 0.6) is 0 Å². The van der Waals surface area contributed by atoms with E-state index >= 15 is 0 Å². The number of fused-ring (bicyclic) bond motifs is 2. The van der Waals surface area contributed by atoms with Crippen LogP contribution in [-0.4, -0.2) is 0 Å². The van der Waals surface area contributed by atoms with Crippen molar-refractivity contribution in [3.63, 3.8) is 0 Å². The Morgan fingerprint density at radius 3 is 1.80 bits per heavy atom. The summed E-state index contributed by atoms with van der Waals surface area (Å²) in [6.45, 7) is 0. The fraction of sp³-hybridized carbons (Fsp3) is 0. The number of rotatable bonds is 2. The summed E-state index contributed by atoms with van der Waals surface area (Å²) in [5.41, 5.74) is 7.99. The van der Waals surface area contributed by atoms with Crippen molar-refractivity contribution in [3.05, 3.63) is 102 Å². The van der Waals surface area contributed by atoms with Crippen LogP contribution in [0.4, 0.5) is 28.4 Å². The average Bonchev–Trinajstić information content (AvgIpc) is 2.82. The summed E-state index contributed by atoms with van der Waals surface area (Å²) in [6.07, 6.45) is 0. The molecule has 0 amide bonds. The van der Waals surface area contributed by atoms with Crippen molar-refractivity contribution >= 4 is 28.4 Å². The monoisotopic (exact) mass is 384 g/mol. The zero-order valence-electron chi connectivity index (χ0n) is 16.0. The fourth-order valence-electron chi connectivity index (χ4n) is 3.85. The maximum atomic E-state index is 9.33. The molecule has 1 aliphatic heterocycles. The second kappa shape index (κ2) is 7.13. The third kappa shape index (κ3) is 2.94. The number of hydrogen-bond donors (Lipinski definition) is 1. The zero-order chi connectivity index (χ0) is 20.5. The summed E-state index contributed by atoms with van der Waals surface area (Å²) in [7, 11) is 0. The topological polar surface area (TPSA) is 62.9 Å². The van der Waals surface area contributed by atoms with Gasteiger partial charge >= 0.3 is 0 Å². The largest absolute Gasteiger partial charge is 0.352 e. The van der Waals surface area contributed by atoms with Gasteiger partial charge in [0.05, 0.1) is 46.0 Å². The number of hydrogen-bond acceptors (Lipinski definition) is 4. The van der Waals surface area contributed by atoms with Crippen LogP contribution in [0.1, 0.15) is 11.1 Å². The van der Waals surface area contributed by atoms with Gasteiger partial charge in [-0.2, -0.15) is 10.5 Å². The van der Waals surface area contributed by atoms with E-state index in [1.165, 1.54) is 0 Å². The Kier molecular flexibility index (Phi) is 4.17. The molecule has 0 bridgehead atoms. The Hall–Kier alpha value is -4.54. The van der Waals surface area contributed by atoms with E-state index in [0.717, 1.165) is 39.6 Å². The molecule has 4 nitrogen and oxygen atoms in total. The molecule has 5 rings (SSSR count). The highest BCUT2D eigenvalue weighted by molar-refractivity contribution is 5.97. The minimum atomic E-state index is 0.479. The number of anilines is 5. The molecule has 140 valence electrons. The van der Waals surface area contributed by atoms with Gasteiger partial charge in [0.25, 0.3) is 0 Å². The first-order valence-corrected chi connectivity index (χ1v) is 9.58. The highest BCUT2D eigenvalue weighted by atomic mass is 15.2. The molecule has 0 atom stereocenters. The van der Waals surface area contributed by atoms with E-state index in [9.17, 15) is 10.5 Å². The molecular formula is C26H16N4. The predicted octanol–water partition coefficient (Wildman–Crippen LogP) is 6.62. The fourth-order valence-corrected chi connectivity index (χ4v) is 3.85. The van der Waals surface area contributed by atoms with Gasteiger partial charge in [-0.1, -0.05) is 36.4 Å². The van der Waals surface area contributed by atoms with E-state index in [-0.39, 0.29) is 0 Å². The summed E-state index contributed by atoms with van der Waals surface area (Å²) in [6, 6.07) is 34.1. The number of nitrogens with one attached hydrogen (secondary N) is 1. The molecule has 0 spiro atoms. The lowest BCUT2D eigenvalue weighted by molar-refractivity contribution is 1.25. The van der Waals surface area contributed by atoms with Gasteiger partial charge in [-0.15, -0.1) is 0 Å². The molecule has 1 heterocycles. The standard InChI is InChI=1S/C26H16N4/c27-16-18-12-19(17-28)14-21(13-18)20-6-5-7-22(15-20)30-25-10-3-1-8-23(25)29-24-9-2-4-11-26(24)30/h1-15,29H. The van der Waals surface area contributed by atoms with Crippen molar-refractivity contribution in [3.8, 4) is 23.3 Å². The molecule has 0 aliphatic carbocycles. The molecule has 1 N–H and O–H groups in total. The maximum Gasteiger partial charge on any atom is 0.0992 e. The molecule has 4 aromatic carbocycles. The summed E-state index contributed by atoms with van der Waals surface area (Å²) >= 11 is 0. The molecule has 1 aliphatic rings. The van der Waals surface area contributed by atoms with Gasteiger partial charge < -0.3 is 10.2 Å². The van der Waals surface area contributed by atoms with Crippen LogP contribution in [0.25, 0.3) is 11.1 Å². The lowest BCUT2D eigenvalue weighted by Crippen LogP contribution is -2.17. The summed E-state index contributed by atoms with van der Waals surface area (Å²) in [5.74, 6) is 0. The van der Waals surface area contributed by atoms with Gasteiger partial charge in [-0.05, 0) is 65.7 Å². The Morgan fingerprint density at radius 2 is 1.20 bits per heavy atom. The van der Waals surface area contributed by atoms with E-state index in [2.05, 4.69) is 58.8 Å². The Bertz CT molecular complexity index is 1280. The van der Waals surface area contributed by atoms with Crippen LogP contribution < -0.4 is 10.2 Å². The van der Waals surface area contributed by atoms with Crippen LogP contribution in [-0.2, 0) is 0 Å². The molecule has 0 saturated carbocycles. The van der Waals surface area contributed by atoms with Crippen molar-refractivity contribution in [1.29, 1.82) is 10.5 Å². The van der Waals surface area contributed by atoms with Crippen molar-refractivity contribution in [2.45, 2.75) is 0 Å². The third-order valence-electron chi connectivity index (χ3n) is 5.19. The Labute approximate surface area is 174 Å². The number of nitriles is 2. The molecule has 4 aromatic rings. The second-order valence-electron chi connectivity index (χ2n) is 7.07. The minimum absolute atomic E-state index is 0.479. The molecule has 0 radical (unpaired) electrons. The minimum Gasteiger partial charge on any atom is -0.352 e. The molecule has 0 unspecified atom stereocenters. The van der Waals surface area contributed by atoms with Crippen LogP contribution >= 0.6 is 0 Å². The van der Waals surface area contributed by atoms with Crippen molar-refractivity contribution < 1.29 is 0 Å². The van der Waals surface area contributed by atoms with Gasteiger partial charge in [0, 0.05) is 5.69 Å². The smallest absolute Gasteiger partial charge is 0.0992 e. The normalized spacial score (nSPS) is 11.5. The van der Waals surface area contributed by atoms with Gasteiger partial charge in [0.1, 0.15) is 0 Å². The Balaban J connectivity index is 1.68. The second-order valence-corrected chi connectivity index (χ2v) is 7.07. The zero-order valence-corrected chi connectivity index (χ0v) is 16.0. The SMILES string of the molecule is N#Cc1cc(C#N)cc(-c2cccc(N3c4ccccc4Nc4ccccc43)c2)c1. The molecular weight excluding hydrogens is 368 g/mol. The number of nitrogens with zero attached hydrogens (tertiary/aromatic N) is 3. The van der Waals surface area contributed by atoms with Crippen LogP contribution in [0.3, 0.4) is 0 Å². The van der Waals surface area contributed by atoms with Gasteiger partial charge in [-0.3, -0.25) is 0 Å². The van der Waals surface area contributed by atoms with E-state index in [0.29, 0.717) is 11.1 Å². The van der Waals surface area contributed by atoms with E-state index < -0.39 is 0 Å².